The van der Waals surface area contributed by atoms with Crippen molar-refractivity contribution >= 4 is 23.4 Å². The highest BCUT2D eigenvalue weighted by Gasteiger charge is 1.98. The number of anilines is 1. The summed E-state index contributed by atoms with van der Waals surface area (Å²) >= 11 is 1.59. The number of benzene rings is 1. The van der Waals surface area contributed by atoms with Crippen molar-refractivity contribution in [3.05, 3.63) is 35.2 Å². The summed E-state index contributed by atoms with van der Waals surface area (Å²) in [6.45, 7) is 0.393. The lowest BCUT2D eigenvalue weighted by Gasteiger charge is -2.01. The van der Waals surface area contributed by atoms with E-state index in [0.29, 0.717) is 6.54 Å². The zero-order chi connectivity index (χ0) is 11.9. The molecule has 1 aromatic heterocycles. The Bertz CT molecular complexity index is 521. The van der Waals surface area contributed by atoms with E-state index in [-0.39, 0.29) is 0 Å². The predicted octanol–water partition coefficient (Wildman–Crippen LogP) is 2.88. The normalized spacial score (nSPS) is 10.3. The second-order valence-corrected chi connectivity index (χ2v) is 3.99. The standard InChI is InChI=1S/C13H11N3S/c1-2-7-14-9-15-12-5-3-11(4-6-12)13-8-17-10-16-13/h1,3-6,8-10H,7H2,(H,14,15). The molecule has 0 bridgehead atoms. The Kier molecular flexibility index (Phi) is 3.90. The van der Waals surface area contributed by atoms with Gasteiger partial charge < -0.3 is 5.32 Å². The van der Waals surface area contributed by atoms with Gasteiger partial charge in [-0.25, -0.2) is 4.98 Å². The van der Waals surface area contributed by atoms with Gasteiger partial charge in [-0.05, 0) is 12.1 Å². The van der Waals surface area contributed by atoms with Gasteiger partial charge in [-0.1, -0.05) is 18.1 Å². The molecule has 0 radical (unpaired) electrons. The number of aromatic nitrogens is 1. The van der Waals surface area contributed by atoms with E-state index in [9.17, 15) is 0 Å². The Morgan fingerprint density at radius 3 is 2.88 bits per heavy atom. The van der Waals surface area contributed by atoms with E-state index in [4.69, 9.17) is 6.42 Å². The average molecular weight is 241 g/mol. The van der Waals surface area contributed by atoms with Gasteiger partial charge in [-0.2, -0.15) is 0 Å². The van der Waals surface area contributed by atoms with Gasteiger partial charge in [-0.3, -0.25) is 4.99 Å². The lowest BCUT2D eigenvalue weighted by atomic mass is 10.1. The van der Waals surface area contributed by atoms with Gasteiger partial charge >= 0.3 is 0 Å². The first-order chi connectivity index (χ1) is 8.40. The number of nitrogens with one attached hydrogen (secondary N) is 1. The minimum atomic E-state index is 0.393. The molecule has 0 saturated carbocycles. The van der Waals surface area contributed by atoms with Crippen molar-refractivity contribution in [1.82, 2.24) is 4.98 Å². The summed E-state index contributed by atoms with van der Waals surface area (Å²) in [6, 6.07) is 8.01. The van der Waals surface area contributed by atoms with E-state index < -0.39 is 0 Å². The highest BCUT2D eigenvalue weighted by Crippen LogP contribution is 2.20. The molecule has 0 aliphatic heterocycles. The van der Waals surface area contributed by atoms with Gasteiger partial charge in [0.25, 0.3) is 0 Å². The van der Waals surface area contributed by atoms with Crippen LogP contribution >= 0.6 is 11.3 Å². The lowest BCUT2D eigenvalue weighted by molar-refractivity contribution is 1.30. The van der Waals surface area contributed by atoms with E-state index in [2.05, 4.69) is 21.2 Å². The molecule has 1 aromatic carbocycles. The summed E-state index contributed by atoms with van der Waals surface area (Å²) in [6.07, 6.45) is 6.69. The molecule has 1 heterocycles. The molecule has 0 atom stereocenters. The summed E-state index contributed by atoms with van der Waals surface area (Å²) in [5.74, 6) is 2.44. The van der Waals surface area contributed by atoms with Gasteiger partial charge in [0.2, 0.25) is 0 Å². The molecule has 2 aromatic rings. The van der Waals surface area contributed by atoms with E-state index in [0.717, 1.165) is 16.9 Å². The van der Waals surface area contributed by atoms with Crippen LogP contribution in [0.2, 0.25) is 0 Å². The van der Waals surface area contributed by atoms with Gasteiger partial charge in [0.05, 0.1) is 17.5 Å². The molecule has 1 N–H and O–H groups in total. The molecule has 0 unspecified atom stereocenters. The van der Waals surface area contributed by atoms with E-state index in [1.807, 2.05) is 35.2 Å². The van der Waals surface area contributed by atoms with Gasteiger partial charge in [0.15, 0.2) is 0 Å². The Balaban J connectivity index is 2.01. The van der Waals surface area contributed by atoms with Crippen molar-refractivity contribution in [2.45, 2.75) is 0 Å². The minimum absolute atomic E-state index is 0.393. The van der Waals surface area contributed by atoms with Gasteiger partial charge in [0.1, 0.15) is 6.54 Å². The predicted molar refractivity (Wildman–Crippen MR) is 73.4 cm³/mol. The second kappa shape index (κ2) is 5.83. The molecule has 0 saturated heterocycles. The van der Waals surface area contributed by atoms with Crippen LogP contribution in [-0.2, 0) is 0 Å². The quantitative estimate of drug-likeness (QED) is 0.507. The van der Waals surface area contributed by atoms with Crippen molar-refractivity contribution in [1.29, 1.82) is 0 Å². The molecule has 2 rings (SSSR count). The molecule has 0 spiro atoms. The van der Waals surface area contributed by atoms with E-state index in [1.54, 1.807) is 17.7 Å². The summed E-state index contributed by atoms with van der Waals surface area (Å²) in [5, 5.41) is 5.07. The third-order valence-corrected chi connectivity index (χ3v) is 2.70. The van der Waals surface area contributed by atoms with Crippen LogP contribution in [0.25, 0.3) is 11.3 Å². The number of hydrogen-bond acceptors (Lipinski definition) is 3. The first-order valence-corrected chi connectivity index (χ1v) is 6.01. The Morgan fingerprint density at radius 2 is 2.24 bits per heavy atom. The highest BCUT2D eigenvalue weighted by atomic mass is 32.1. The zero-order valence-corrected chi connectivity index (χ0v) is 9.95. The number of terminal acetylenes is 1. The second-order valence-electron chi connectivity index (χ2n) is 3.27. The highest BCUT2D eigenvalue weighted by molar-refractivity contribution is 7.07. The van der Waals surface area contributed by atoms with Crippen LogP contribution in [0, 0.1) is 12.3 Å². The first-order valence-electron chi connectivity index (χ1n) is 5.07. The minimum Gasteiger partial charge on any atom is -0.347 e. The maximum Gasteiger partial charge on any atom is 0.101 e. The smallest absolute Gasteiger partial charge is 0.101 e. The molecule has 84 valence electrons. The Labute approximate surface area is 104 Å². The molecule has 0 amide bonds. The maximum atomic E-state index is 5.08. The zero-order valence-electron chi connectivity index (χ0n) is 9.13. The molecule has 4 heteroatoms. The monoisotopic (exact) mass is 241 g/mol. The maximum absolute atomic E-state index is 5.08. The molecule has 0 fully saturated rings. The molecular formula is C13H11N3S. The Hall–Kier alpha value is -2.12. The van der Waals surface area contributed by atoms with Crippen LogP contribution in [0.15, 0.2) is 40.1 Å². The average Bonchev–Trinajstić information content (AvgIpc) is 2.89. The number of nitrogens with zero attached hydrogens (tertiary/aromatic N) is 2. The topological polar surface area (TPSA) is 37.3 Å². The van der Waals surface area contributed by atoms with Gasteiger partial charge in [-0.15, -0.1) is 17.8 Å². The lowest BCUT2D eigenvalue weighted by Crippen LogP contribution is -1.95. The van der Waals surface area contributed by atoms with E-state index in [1.165, 1.54) is 0 Å². The molecule has 0 aliphatic carbocycles. The van der Waals surface area contributed by atoms with Crippen LogP contribution in [-0.4, -0.2) is 17.9 Å². The van der Waals surface area contributed by atoms with Crippen molar-refractivity contribution < 1.29 is 0 Å². The van der Waals surface area contributed by atoms with Crippen LogP contribution in [0.3, 0.4) is 0 Å². The first kappa shape index (κ1) is 11.4. The van der Waals surface area contributed by atoms with Crippen LogP contribution in [0.5, 0.6) is 0 Å². The number of hydrogen-bond donors (Lipinski definition) is 1. The number of aliphatic imine (C=N–C) groups is 1. The summed E-state index contributed by atoms with van der Waals surface area (Å²) in [5.41, 5.74) is 4.92. The Morgan fingerprint density at radius 1 is 1.41 bits per heavy atom. The van der Waals surface area contributed by atoms with E-state index >= 15 is 0 Å². The summed E-state index contributed by atoms with van der Waals surface area (Å²) in [7, 11) is 0. The van der Waals surface area contributed by atoms with Crippen molar-refractivity contribution in [3.63, 3.8) is 0 Å². The fourth-order valence-corrected chi connectivity index (χ4v) is 1.87. The number of rotatable bonds is 4. The summed E-state index contributed by atoms with van der Waals surface area (Å²) in [4.78, 5) is 8.23. The fraction of sp³-hybridized carbons (Fsp3) is 0.0769. The third-order valence-electron chi connectivity index (χ3n) is 2.12. The van der Waals surface area contributed by atoms with Crippen molar-refractivity contribution in [2.24, 2.45) is 4.99 Å². The molecule has 0 aliphatic rings. The number of thiazole rings is 1. The largest absolute Gasteiger partial charge is 0.347 e. The fourth-order valence-electron chi connectivity index (χ4n) is 1.31. The van der Waals surface area contributed by atoms with Crippen molar-refractivity contribution in [2.75, 3.05) is 11.9 Å². The van der Waals surface area contributed by atoms with Crippen LogP contribution < -0.4 is 5.32 Å². The third kappa shape index (κ3) is 3.16. The van der Waals surface area contributed by atoms with Crippen LogP contribution in [0.4, 0.5) is 5.69 Å². The SMILES string of the molecule is C#CCN=CNc1ccc(-c2cscn2)cc1. The molecular weight excluding hydrogens is 230 g/mol. The molecule has 3 nitrogen and oxygen atoms in total. The van der Waals surface area contributed by atoms with Crippen LogP contribution in [0.1, 0.15) is 0 Å². The summed E-state index contributed by atoms with van der Waals surface area (Å²) < 4.78 is 0. The van der Waals surface area contributed by atoms with Gasteiger partial charge in [0, 0.05) is 16.6 Å². The molecule has 17 heavy (non-hydrogen) atoms. The van der Waals surface area contributed by atoms with Crippen molar-refractivity contribution in [3.8, 4) is 23.6 Å².